The van der Waals surface area contributed by atoms with Gasteiger partial charge in [-0.15, -0.1) is 11.3 Å². The Morgan fingerprint density at radius 1 is 1.53 bits per heavy atom. The summed E-state index contributed by atoms with van der Waals surface area (Å²) in [6.07, 6.45) is 0. The second-order valence-electron chi connectivity index (χ2n) is 3.92. The standard InChI is InChI=1S/C11H18N2O4S2/c1-4-12-8(2)7-13-19(15,16)9-5-6-18-10(9)11(14)17-3/h5-6,8,12-13H,4,7H2,1-3H3/t8-/m1/s1. The molecule has 0 fully saturated rings. The Kier molecular flexibility index (Phi) is 5.92. The second kappa shape index (κ2) is 6.99. The second-order valence-corrected chi connectivity index (χ2v) is 6.57. The van der Waals surface area contributed by atoms with E-state index in [1.54, 1.807) is 5.38 Å². The van der Waals surface area contributed by atoms with Crippen molar-refractivity contribution < 1.29 is 17.9 Å². The molecule has 1 aromatic heterocycles. The zero-order valence-electron chi connectivity index (χ0n) is 11.1. The van der Waals surface area contributed by atoms with Crippen LogP contribution in [0.5, 0.6) is 0 Å². The number of nitrogens with one attached hydrogen (secondary N) is 2. The van der Waals surface area contributed by atoms with Crippen molar-refractivity contribution in [1.82, 2.24) is 10.0 Å². The summed E-state index contributed by atoms with van der Waals surface area (Å²) in [6, 6.07) is 1.41. The highest BCUT2D eigenvalue weighted by molar-refractivity contribution is 7.89. The van der Waals surface area contributed by atoms with Gasteiger partial charge >= 0.3 is 5.97 Å². The van der Waals surface area contributed by atoms with E-state index in [0.29, 0.717) is 0 Å². The summed E-state index contributed by atoms with van der Waals surface area (Å²) in [4.78, 5) is 11.5. The quantitative estimate of drug-likeness (QED) is 0.728. The van der Waals surface area contributed by atoms with Crippen molar-refractivity contribution in [3.05, 3.63) is 16.3 Å². The summed E-state index contributed by atoms with van der Waals surface area (Å²) in [5.74, 6) is -0.643. The van der Waals surface area contributed by atoms with Crippen molar-refractivity contribution in [2.24, 2.45) is 0 Å². The lowest BCUT2D eigenvalue weighted by atomic mass is 10.3. The van der Waals surface area contributed by atoms with Gasteiger partial charge in [0, 0.05) is 12.6 Å². The number of thiophene rings is 1. The predicted molar refractivity (Wildman–Crippen MR) is 74.0 cm³/mol. The fourth-order valence-electron chi connectivity index (χ4n) is 1.48. The van der Waals surface area contributed by atoms with Gasteiger partial charge in [-0.3, -0.25) is 0 Å². The Hall–Kier alpha value is -0.960. The van der Waals surface area contributed by atoms with Crippen molar-refractivity contribution in [2.45, 2.75) is 24.8 Å². The molecule has 1 rings (SSSR count). The molecule has 0 unspecified atom stereocenters. The van der Waals surface area contributed by atoms with Crippen LogP contribution in [-0.4, -0.2) is 40.6 Å². The number of hydrogen-bond donors (Lipinski definition) is 2. The molecule has 19 heavy (non-hydrogen) atoms. The Morgan fingerprint density at radius 2 is 2.21 bits per heavy atom. The van der Waals surface area contributed by atoms with Gasteiger partial charge < -0.3 is 10.1 Å². The Morgan fingerprint density at radius 3 is 2.79 bits per heavy atom. The van der Waals surface area contributed by atoms with Crippen LogP contribution in [0.2, 0.25) is 0 Å². The first-order valence-electron chi connectivity index (χ1n) is 5.81. The van der Waals surface area contributed by atoms with Crippen LogP contribution in [0.1, 0.15) is 23.5 Å². The Balaban J connectivity index is 2.83. The first-order chi connectivity index (χ1) is 8.92. The SMILES string of the molecule is CCN[C@H](C)CNS(=O)(=O)c1ccsc1C(=O)OC. The number of carbonyl (C=O) groups is 1. The van der Waals surface area contributed by atoms with Crippen molar-refractivity contribution in [2.75, 3.05) is 20.2 Å². The van der Waals surface area contributed by atoms with E-state index in [0.717, 1.165) is 17.9 Å². The largest absolute Gasteiger partial charge is 0.465 e. The zero-order chi connectivity index (χ0) is 14.5. The van der Waals surface area contributed by atoms with E-state index in [4.69, 9.17) is 0 Å². The van der Waals surface area contributed by atoms with Crippen molar-refractivity contribution in [1.29, 1.82) is 0 Å². The fourth-order valence-corrected chi connectivity index (χ4v) is 3.95. The maximum Gasteiger partial charge on any atom is 0.349 e. The summed E-state index contributed by atoms with van der Waals surface area (Å²) in [6.45, 7) is 4.83. The number of ether oxygens (including phenoxy) is 1. The van der Waals surface area contributed by atoms with Crippen LogP contribution in [0.4, 0.5) is 0 Å². The molecular formula is C11H18N2O4S2. The number of carbonyl (C=O) groups excluding carboxylic acids is 1. The fraction of sp³-hybridized carbons (Fsp3) is 0.545. The summed E-state index contributed by atoms with van der Waals surface area (Å²) < 4.78 is 31.2. The van der Waals surface area contributed by atoms with Gasteiger partial charge in [-0.2, -0.15) is 0 Å². The molecule has 108 valence electrons. The average molecular weight is 306 g/mol. The van der Waals surface area contributed by atoms with Crippen LogP contribution < -0.4 is 10.0 Å². The van der Waals surface area contributed by atoms with Crippen molar-refractivity contribution >= 4 is 27.3 Å². The normalized spacial score (nSPS) is 13.2. The smallest absolute Gasteiger partial charge is 0.349 e. The average Bonchev–Trinajstić information content (AvgIpc) is 2.86. The maximum absolute atomic E-state index is 12.1. The first-order valence-corrected chi connectivity index (χ1v) is 8.17. The number of esters is 1. The molecule has 0 radical (unpaired) electrons. The van der Waals surface area contributed by atoms with Gasteiger partial charge in [0.2, 0.25) is 10.0 Å². The molecule has 2 N–H and O–H groups in total. The molecule has 0 saturated carbocycles. The minimum absolute atomic E-state index is 0.0139. The highest BCUT2D eigenvalue weighted by atomic mass is 32.2. The number of rotatable bonds is 7. The van der Waals surface area contributed by atoms with E-state index in [9.17, 15) is 13.2 Å². The Labute approximate surface area is 117 Å². The van der Waals surface area contributed by atoms with Gasteiger partial charge in [0.1, 0.15) is 9.77 Å². The van der Waals surface area contributed by atoms with Crippen LogP contribution in [0.25, 0.3) is 0 Å². The van der Waals surface area contributed by atoms with Gasteiger partial charge in [0.15, 0.2) is 0 Å². The summed E-state index contributed by atoms with van der Waals surface area (Å²) in [7, 11) is -2.48. The predicted octanol–water partition coefficient (Wildman–Crippen LogP) is 0.811. The van der Waals surface area contributed by atoms with Crippen LogP contribution in [-0.2, 0) is 14.8 Å². The highest BCUT2D eigenvalue weighted by Crippen LogP contribution is 2.22. The lowest BCUT2D eigenvalue weighted by molar-refractivity contribution is 0.0602. The molecule has 0 spiro atoms. The lowest BCUT2D eigenvalue weighted by Gasteiger charge is -2.13. The molecule has 1 heterocycles. The minimum atomic E-state index is -3.70. The Bertz CT molecular complexity index is 525. The van der Waals surface area contributed by atoms with Gasteiger partial charge in [-0.05, 0) is 24.9 Å². The third kappa shape index (κ3) is 4.27. The molecule has 0 aromatic carbocycles. The third-order valence-corrected chi connectivity index (χ3v) is 4.91. The number of sulfonamides is 1. The summed E-state index contributed by atoms with van der Waals surface area (Å²) in [5.41, 5.74) is 0. The third-order valence-electron chi connectivity index (χ3n) is 2.42. The monoisotopic (exact) mass is 306 g/mol. The van der Waals surface area contributed by atoms with E-state index in [1.165, 1.54) is 13.2 Å². The number of likely N-dealkylation sites (N-methyl/N-ethyl adjacent to an activating group) is 1. The van der Waals surface area contributed by atoms with Gasteiger partial charge in [-0.1, -0.05) is 6.92 Å². The van der Waals surface area contributed by atoms with E-state index in [1.807, 2.05) is 13.8 Å². The number of methoxy groups -OCH3 is 1. The van der Waals surface area contributed by atoms with Crippen molar-refractivity contribution in [3.63, 3.8) is 0 Å². The molecule has 8 heteroatoms. The van der Waals surface area contributed by atoms with Crippen LogP contribution in [0.15, 0.2) is 16.3 Å². The first kappa shape index (κ1) is 16.1. The molecule has 0 amide bonds. The van der Waals surface area contributed by atoms with E-state index < -0.39 is 16.0 Å². The van der Waals surface area contributed by atoms with Crippen LogP contribution in [0.3, 0.4) is 0 Å². The van der Waals surface area contributed by atoms with Crippen molar-refractivity contribution in [3.8, 4) is 0 Å². The van der Waals surface area contributed by atoms with Crippen LogP contribution in [0, 0.1) is 0 Å². The molecule has 1 aromatic rings. The summed E-state index contributed by atoms with van der Waals surface area (Å²) in [5, 5.41) is 4.65. The number of hydrogen-bond acceptors (Lipinski definition) is 6. The van der Waals surface area contributed by atoms with Gasteiger partial charge in [0.05, 0.1) is 7.11 Å². The molecule has 0 saturated heterocycles. The molecule has 0 bridgehead atoms. The molecule has 0 aliphatic carbocycles. The van der Waals surface area contributed by atoms with E-state index >= 15 is 0 Å². The van der Waals surface area contributed by atoms with E-state index in [2.05, 4.69) is 14.8 Å². The molecule has 6 nitrogen and oxygen atoms in total. The lowest BCUT2D eigenvalue weighted by Crippen LogP contribution is -2.39. The van der Waals surface area contributed by atoms with Gasteiger partial charge in [-0.25, -0.2) is 17.9 Å². The molecule has 0 aliphatic heterocycles. The highest BCUT2D eigenvalue weighted by Gasteiger charge is 2.24. The topological polar surface area (TPSA) is 84.5 Å². The maximum atomic E-state index is 12.1. The molecule has 0 aliphatic rings. The molecule has 1 atom stereocenters. The molecular weight excluding hydrogens is 288 g/mol. The van der Waals surface area contributed by atoms with Gasteiger partial charge in [0.25, 0.3) is 0 Å². The summed E-state index contributed by atoms with van der Waals surface area (Å²) >= 11 is 1.04. The van der Waals surface area contributed by atoms with E-state index in [-0.39, 0.29) is 22.4 Å². The van der Waals surface area contributed by atoms with Crippen LogP contribution >= 0.6 is 11.3 Å². The zero-order valence-corrected chi connectivity index (χ0v) is 12.7. The minimum Gasteiger partial charge on any atom is -0.465 e.